The Labute approximate surface area is 134 Å². The van der Waals surface area contributed by atoms with Crippen molar-refractivity contribution >= 4 is 15.9 Å². The highest BCUT2D eigenvalue weighted by Gasteiger charge is 2.53. The van der Waals surface area contributed by atoms with E-state index in [4.69, 9.17) is 15.2 Å². The molecule has 2 heterocycles. The third-order valence-electron chi connectivity index (χ3n) is 5.32. The molecule has 1 aliphatic carbocycles. The van der Waals surface area contributed by atoms with Gasteiger partial charge >= 0.3 is 0 Å². The van der Waals surface area contributed by atoms with Gasteiger partial charge in [0.2, 0.25) is 0 Å². The molecular formula is C17H22BrNO2. The van der Waals surface area contributed by atoms with Gasteiger partial charge in [0.05, 0.1) is 4.47 Å². The molecule has 2 aliphatic heterocycles. The fourth-order valence-corrected chi connectivity index (χ4v) is 4.73. The Bertz CT molecular complexity index is 583. The first-order valence-electron chi connectivity index (χ1n) is 7.90. The zero-order chi connectivity index (χ0) is 14.9. The monoisotopic (exact) mass is 351 g/mol. The van der Waals surface area contributed by atoms with Crippen LogP contribution in [0, 0.1) is 0 Å². The lowest BCUT2D eigenvalue weighted by molar-refractivity contribution is 0.249. The molecule has 3 atom stereocenters. The molecule has 0 bridgehead atoms. The van der Waals surface area contributed by atoms with E-state index in [-0.39, 0.29) is 23.7 Å². The van der Waals surface area contributed by atoms with Crippen LogP contribution in [0.3, 0.4) is 0 Å². The molecule has 21 heavy (non-hydrogen) atoms. The third-order valence-corrected chi connectivity index (χ3v) is 6.16. The summed E-state index contributed by atoms with van der Waals surface area (Å²) in [5.41, 5.74) is 10.4. The van der Waals surface area contributed by atoms with Crippen LogP contribution < -0.4 is 15.2 Å². The molecule has 2 N–H and O–H groups in total. The van der Waals surface area contributed by atoms with E-state index in [1.54, 1.807) is 0 Å². The van der Waals surface area contributed by atoms with E-state index in [1.165, 1.54) is 16.7 Å². The Morgan fingerprint density at radius 3 is 2.24 bits per heavy atom. The van der Waals surface area contributed by atoms with Crippen LogP contribution in [-0.4, -0.2) is 18.2 Å². The lowest BCUT2D eigenvalue weighted by atomic mass is 9.83. The Morgan fingerprint density at radius 2 is 1.67 bits per heavy atom. The van der Waals surface area contributed by atoms with Gasteiger partial charge in [-0.2, -0.15) is 0 Å². The van der Waals surface area contributed by atoms with Crippen molar-refractivity contribution in [2.24, 2.45) is 5.73 Å². The quantitative estimate of drug-likeness (QED) is 0.886. The number of hydrogen-bond acceptors (Lipinski definition) is 3. The summed E-state index contributed by atoms with van der Waals surface area (Å²) in [7, 11) is 0. The van der Waals surface area contributed by atoms with Crippen molar-refractivity contribution < 1.29 is 9.47 Å². The Kier molecular flexibility index (Phi) is 2.90. The van der Waals surface area contributed by atoms with E-state index in [2.05, 4.69) is 36.7 Å². The molecule has 3 aliphatic rings. The topological polar surface area (TPSA) is 44.5 Å². The third kappa shape index (κ3) is 1.81. The first-order valence-corrected chi connectivity index (χ1v) is 8.70. The van der Waals surface area contributed by atoms with E-state index < -0.39 is 0 Å². The zero-order valence-corrected chi connectivity index (χ0v) is 14.4. The van der Waals surface area contributed by atoms with E-state index in [1.807, 2.05) is 0 Å². The van der Waals surface area contributed by atoms with Crippen molar-refractivity contribution in [1.29, 1.82) is 0 Å². The second kappa shape index (κ2) is 4.39. The molecule has 3 nitrogen and oxygen atoms in total. The predicted molar refractivity (Wildman–Crippen MR) is 86.3 cm³/mol. The van der Waals surface area contributed by atoms with Crippen LogP contribution in [0.1, 0.15) is 50.3 Å². The van der Waals surface area contributed by atoms with Crippen molar-refractivity contribution in [3.05, 3.63) is 21.2 Å². The molecule has 1 aromatic carbocycles. The molecule has 0 saturated heterocycles. The SMILES string of the molecule is CC1Cc2c(c(Br)c3c(c2C2(C(C)N)CC2)OC(C)C3)O1. The maximum absolute atomic E-state index is 6.35. The predicted octanol–water partition coefficient (Wildman–Crippen LogP) is 3.47. The van der Waals surface area contributed by atoms with Gasteiger partial charge in [0.25, 0.3) is 0 Å². The first kappa shape index (κ1) is 13.9. The zero-order valence-electron chi connectivity index (χ0n) is 12.8. The average Bonchev–Trinajstić information content (AvgIpc) is 2.98. The van der Waals surface area contributed by atoms with Gasteiger partial charge in [0.1, 0.15) is 23.7 Å². The van der Waals surface area contributed by atoms with Gasteiger partial charge in [-0.05, 0) is 49.5 Å². The molecule has 0 aromatic heterocycles. The molecule has 114 valence electrons. The lowest BCUT2D eigenvalue weighted by Crippen LogP contribution is -2.33. The minimum atomic E-state index is 0.104. The summed E-state index contributed by atoms with van der Waals surface area (Å²) in [5.74, 6) is 2.14. The van der Waals surface area contributed by atoms with Crippen LogP contribution in [0.4, 0.5) is 0 Å². The number of hydrogen-bond donors (Lipinski definition) is 1. The fourth-order valence-electron chi connectivity index (χ4n) is 4.06. The van der Waals surface area contributed by atoms with Gasteiger partial charge < -0.3 is 15.2 Å². The normalized spacial score (nSPS) is 29.4. The van der Waals surface area contributed by atoms with E-state index >= 15 is 0 Å². The highest BCUT2D eigenvalue weighted by Crippen LogP contribution is 2.60. The van der Waals surface area contributed by atoms with Gasteiger partial charge in [0.15, 0.2) is 0 Å². The molecule has 4 heteroatoms. The summed E-state index contributed by atoms with van der Waals surface area (Å²) in [5, 5.41) is 0. The molecule has 1 fully saturated rings. The van der Waals surface area contributed by atoms with Crippen LogP contribution in [-0.2, 0) is 18.3 Å². The number of benzene rings is 1. The maximum atomic E-state index is 6.35. The summed E-state index contributed by atoms with van der Waals surface area (Å²) in [6.45, 7) is 6.40. The highest BCUT2D eigenvalue weighted by molar-refractivity contribution is 9.10. The van der Waals surface area contributed by atoms with Gasteiger partial charge in [-0.3, -0.25) is 0 Å². The molecule has 1 aromatic rings. The number of rotatable bonds is 2. The highest BCUT2D eigenvalue weighted by atomic mass is 79.9. The van der Waals surface area contributed by atoms with E-state index in [0.29, 0.717) is 0 Å². The first-order chi connectivity index (χ1) is 9.94. The number of fused-ring (bicyclic) bond motifs is 2. The van der Waals surface area contributed by atoms with Crippen molar-refractivity contribution in [3.63, 3.8) is 0 Å². The van der Waals surface area contributed by atoms with Crippen LogP contribution >= 0.6 is 15.9 Å². The van der Waals surface area contributed by atoms with Gasteiger partial charge in [0, 0.05) is 41.0 Å². The van der Waals surface area contributed by atoms with Crippen molar-refractivity contribution in [1.82, 2.24) is 0 Å². The largest absolute Gasteiger partial charge is 0.490 e. The van der Waals surface area contributed by atoms with Gasteiger partial charge in [-0.1, -0.05) is 0 Å². The Balaban J connectivity index is 1.98. The second-order valence-electron chi connectivity index (χ2n) is 7.01. The van der Waals surface area contributed by atoms with Crippen LogP contribution in [0.2, 0.25) is 0 Å². The molecule has 0 spiro atoms. The summed E-state index contributed by atoms with van der Waals surface area (Å²) in [6.07, 6.45) is 4.71. The molecule has 0 amide bonds. The van der Waals surface area contributed by atoms with Crippen LogP contribution in [0.25, 0.3) is 0 Å². The van der Waals surface area contributed by atoms with Crippen LogP contribution in [0.15, 0.2) is 4.47 Å². The Hall–Kier alpha value is -0.740. The fraction of sp³-hybridized carbons (Fsp3) is 0.647. The molecule has 4 rings (SSSR count). The summed E-state index contributed by atoms with van der Waals surface area (Å²) < 4.78 is 13.4. The molecule has 1 saturated carbocycles. The summed E-state index contributed by atoms with van der Waals surface area (Å²) >= 11 is 3.76. The van der Waals surface area contributed by atoms with E-state index in [0.717, 1.165) is 41.7 Å². The molecular weight excluding hydrogens is 330 g/mol. The second-order valence-corrected chi connectivity index (χ2v) is 7.81. The number of ether oxygens (including phenoxy) is 2. The number of nitrogens with two attached hydrogens (primary N) is 1. The minimum Gasteiger partial charge on any atom is -0.490 e. The average molecular weight is 352 g/mol. The Morgan fingerprint density at radius 1 is 1.10 bits per heavy atom. The maximum Gasteiger partial charge on any atom is 0.138 e. The smallest absolute Gasteiger partial charge is 0.138 e. The lowest BCUT2D eigenvalue weighted by Gasteiger charge is -2.26. The van der Waals surface area contributed by atoms with E-state index in [9.17, 15) is 0 Å². The number of halogens is 1. The van der Waals surface area contributed by atoms with Crippen molar-refractivity contribution in [2.75, 3.05) is 0 Å². The molecule has 3 unspecified atom stereocenters. The van der Waals surface area contributed by atoms with Gasteiger partial charge in [-0.15, -0.1) is 0 Å². The summed E-state index contributed by atoms with van der Waals surface area (Å²) in [4.78, 5) is 0. The summed E-state index contributed by atoms with van der Waals surface area (Å²) in [6, 6.07) is 0.155. The van der Waals surface area contributed by atoms with Gasteiger partial charge in [-0.25, -0.2) is 0 Å². The molecule has 0 radical (unpaired) electrons. The minimum absolute atomic E-state index is 0.104. The standard InChI is InChI=1S/C17H22BrNO2/c1-8-6-11-13(17(4-5-17)10(3)19)15-12(7-9(2)20-15)14(18)16(11)21-8/h8-10H,4-7,19H2,1-3H3. The van der Waals surface area contributed by atoms with Crippen molar-refractivity contribution in [3.8, 4) is 11.5 Å². The van der Waals surface area contributed by atoms with Crippen molar-refractivity contribution in [2.45, 2.75) is 70.1 Å². The van der Waals surface area contributed by atoms with Crippen LogP contribution in [0.5, 0.6) is 11.5 Å².